The summed E-state index contributed by atoms with van der Waals surface area (Å²) in [6, 6.07) is 5.95. The smallest absolute Gasteiger partial charge is 0.278 e. The molecule has 0 fully saturated rings. The third kappa shape index (κ3) is 4.15. The monoisotopic (exact) mass is 436 g/mol. The highest BCUT2D eigenvalue weighted by Crippen LogP contribution is 2.26. The van der Waals surface area contributed by atoms with Gasteiger partial charge >= 0.3 is 0 Å². The maximum atomic E-state index is 13.5. The molecule has 1 N–H and O–H groups in total. The summed E-state index contributed by atoms with van der Waals surface area (Å²) >= 11 is 0. The molecular formula is C23H28N6O3. The Morgan fingerprint density at radius 2 is 2.09 bits per heavy atom. The fourth-order valence-electron chi connectivity index (χ4n) is 3.78. The lowest BCUT2D eigenvalue weighted by Gasteiger charge is -2.13. The van der Waals surface area contributed by atoms with Crippen LogP contribution in [-0.4, -0.2) is 36.2 Å². The number of nitrogens with one attached hydrogen (secondary N) is 1. The van der Waals surface area contributed by atoms with Crippen LogP contribution in [0.5, 0.6) is 0 Å². The van der Waals surface area contributed by atoms with Crippen molar-refractivity contribution in [3.05, 3.63) is 52.2 Å². The van der Waals surface area contributed by atoms with E-state index in [4.69, 9.17) is 4.52 Å². The summed E-state index contributed by atoms with van der Waals surface area (Å²) < 4.78 is 8.49. The third-order valence-corrected chi connectivity index (χ3v) is 5.59. The second-order valence-corrected chi connectivity index (χ2v) is 8.21. The Morgan fingerprint density at radius 3 is 2.84 bits per heavy atom. The summed E-state index contributed by atoms with van der Waals surface area (Å²) in [6.45, 7) is 8.16. The van der Waals surface area contributed by atoms with Crippen molar-refractivity contribution in [3.8, 4) is 0 Å². The van der Waals surface area contributed by atoms with E-state index in [1.54, 1.807) is 4.57 Å². The molecule has 0 unspecified atom stereocenters. The quantitative estimate of drug-likeness (QED) is 0.455. The minimum atomic E-state index is -0.254. The summed E-state index contributed by atoms with van der Waals surface area (Å²) in [5, 5.41) is 7.78. The Balaban J connectivity index is 1.80. The van der Waals surface area contributed by atoms with Crippen LogP contribution < -0.4 is 10.9 Å². The van der Waals surface area contributed by atoms with Gasteiger partial charge in [-0.3, -0.25) is 14.2 Å². The lowest BCUT2D eigenvalue weighted by molar-refractivity contribution is -0.122. The molecule has 1 atom stereocenters. The second-order valence-electron chi connectivity index (χ2n) is 8.21. The van der Waals surface area contributed by atoms with Crippen molar-refractivity contribution in [2.24, 2.45) is 0 Å². The van der Waals surface area contributed by atoms with E-state index >= 15 is 0 Å². The molecule has 4 aromatic rings. The Bertz CT molecular complexity index is 1330. The van der Waals surface area contributed by atoms with Gasteiger partial charge in [0.15, 0.2) is 5.82 Å². The average molecular weight is 437 g/mol. The topological polar surface area (TPSA) is 108 Å². The predicted octanol–water partition coefficient (Wildman–Crippen LogP) is 2.96. The van der Waals surface area contributed by atoms with E-state index in [1.807, 2.05) is 45.9 Å². The van der Waals surface area contributed by atoms with Crippen LogP contribution in [0.2, 0.25) is 0 Å². The SMILES string of the molecule is CCCc1noc(Cn2cnc3c4cc(C)ccc4n(CC(=O)N[C@H](C)CC)c3c2=O)n1. The molecular weight excluding hydrogens is 408 g/mol. The van der Waals surface area contributed by atoms with Crippen molar-refractivity contribution in [2.75, 3.05) is 0 Å². The standard InChI is InChI=1S/C23H28N6O3/c1-5-7-18-26-20(32-27-18)12-28-13-24-21-16-10-14(3)8-9-17(16)29(22(21)23(28)31)11-19(30)25-15(4)6-2/h8-10,13,15H,5-7,11-12H2,1-4H3,(H,25,30)/t15-/m1/s1. The van der Waals surface area contributed by atoms with Gasteiger partial charge in [-0.1, -0.05) is 30.6 Å². The number of carbonyl (C=O) groups excluding carboxylic acids is 1. The highest BCUT2D eigenvalue weighted by Gasteiger charge is 2.20. The van der Waals surface area contributed by atoms with E-state index in [9.17, 15) is 9.59 Å². The molecule has 9 nitrogen and oxygen atoms in total. The van der Waals surface area contributed by atoms with Crippen molar-refractivity contribution in [3.63, 3.8) is 0 Å². The first-order chi connectivity index (χ1) is 15.4. The number of hydrogen-bond acceptors (Lipinski definition) is 6. The van der Waals surface area contributed by atoms with Gasteiger partial charge in [0.2, 0.25) is 11.8 Å². The maximum absolute atomic E-state index is 13.5. The first-order valence-electron chi connectivity index (χ1n) is 11.0. The summed E-state index contributed by atoms with van der Waals surface area (Å²) in [5.41, 5.74) is 2.57. The van der Waals surface area contributed by atoms with Crippen LogP contribution in [-0.2, 0) is 24.3 Å². The number of hydrogen-bond donors (Lipinski definition) is 1. The first-order valence-corrected chi connectivity index (χ1v) is 11.0. The molecule has 0 aliphatic heterocycles. The van der Waals surface area contributed by atoms with E-state index in [0.717, 1.165) is 29.3 Å². The zero-order valence-corrected chi connectivity index (χ0v) is 18.9. The Labute approximate surface area is 185 Å². The molecule has 9 heteroatoms. The van der Waals surface area contributed by atoms with Crippen molar-refractivity contribution in [1.82, 2.24) is 29.6 Å². The number of amides is 1. The number of aromatic nitrogens is 5. The van der Waals surface area contributed by atoms with Crippen LogP contribution in [0.25, 0.3) is 21.9 Å². The number of aryl methyl sites for hydroxylation is 2. The molecule has 32 heavy (non-hydrogen) atoms. The Hall–Kier alpha value is -3.49. The van der Waals surface area contributed by atoms with Crippen LogP contribution in [0.3, 0.4) is 0 Å². The van der Waals surface area contributed by atoms with E-state index in [1.165, 1.54) is 10.9 Å². The van der Waals surface area contributed by atoms with Gasteiger partial charge in [-0.2, -0.15) is 4.98 Å². The molecule has 0 saturated heterocycles. The zero-order valence-electron chi connectivity index (χ0n) is 18.9. The molecule has 3 aromatic heterocycles. The number of carbonyl (C=O) groups is 1. The highest BCUT2D eigenvalue weighted by molar-refractivity contribution is 6.06. The van der Waals surface area contributed by atoms with Crippen molar-refractivity contribution in [2.45, 2.75) is 66.1 Å². The lowest BCUT2D eigenvalue weighted by atomic mass is 10.1. The number of nitrogens with zero attached hydrogens (tertiary/aromatic N) is 5. The molecule has 0 radical (unpaired) electrons. The second kappa shape index (κ2) is 8.94. The molecule has 0 aliphatic rings. The number of benzene rings is 1. The first kappa shape index (κ1) is 21.7. The van der Waals surface area contributed by atoms with Crippen LogP contribution in [0.1, 0.15) is 50.9 Å². The lowest BCUT2D eigenvalue weighted by Crippen LogP contribution is -2.35. The normalized spacial score (nSPS) is 12.5. The fraction of sp³-hybridized carbons (Fsp3) is 0.435. The summed E-state index contributed by atoms with van der Waals surface area (Å²) in [6.07, 6.45) is 3.95. The highest BCUT2D eigenvalue weighted by atomic mass is 16.5. The predicted molar refractivity (Wildman–Crippen MR) is 122 cm³/mol. The van der Waals surface area contributed by atoms with Crippen molar-refractivity contribution >= 4 is 27.8 Å². The van der Waals surface area contributed by atoms with Gasteiger partial charge in [-0.25, -0.2) is 4.98 Å². The van der Waals surface area contributed by atoms with Gasteiger partial charge in [-0.05, 0) is 38.8 Å². The molecule has 0 spiro atoms. The number of rotatable bonds is 8. The van der Waals surface area contributed by atoms with E-state index in [0.29, 0.717) is 29.2 Å². The molecule has 0 bridgehead atoms. The van der Waals surface area contributed by atoms with Gasteiger partial charge < -0.3 is 14.4 Å². The summed E-state index contributed by atoms with van der Waals surface area (Å²) in [7, 11) is 0. The zero-order chi connectivity index (χ0) is 22.8. The number of fused-ring (bicyclic) bond motifs is 3. The largest absolute Gasteiger partial charge is 0.352 e. The molecule has 168 valence electrons. The van der Waals surface area contributed by atoms with Crippen LogP contribution in [0, 0.1) is 6.92 Å². The minimum Gasteiger partial charge on any atom is -0.352 e. The molecule has 1 amide bonds. The van der Waals surface area contributed by atoms with Gasteiger partial charge in [0.05, 0.1) is 11.8 Å². The molecule has 0 aliphatic carbocycles. The van der Waals surface area contributed by atoms with Gasteiger partial charge in [-0.15, -0.1) is 0 Å². The minimum absolute atomic E-state index is 0.0372. The molecule has 3 heterocycles. The van der Waals surface area contributed by atoms with Crippen molar-refractivity contribution in [1.29, 1.82) is 0 Å². The van der Waals surface area contributed by atoms with E-state index in [-0.39, 0.29) is 30.6 Å². The Kier molecular flexibility index (Phi) is 6.07. The van der Waals surface area contributed by atoms with Crippen LogP contribution >= 0.6 is 0 Å². The summed E-state index contributed by atoms with van der Waals surface area (Å²) in [5.74, 6) is 0.829. The van der Waals surface area contributed by atoms with Crippen LogP contribution in [0.4, 0.5) is 0 Å². The molecule has 0 saturated carbocycles. The average Bonchev–Trinajstić information content (AvgIpc) is 3.32. The Morgan fingerprint density at radius 1 is 1.28 bits per heavy atom. The van der Waals surface area contributed by atoms with Crippen LogP contribution in [0.15, 0.2) is 33.8 Å². The fourth-order valence-corrected chi connectivity index (χ4v) is 3.78. The van der Waals surface area contributed by atoms with Gasteiger partial charge in [0.1, 0.15) is 24.1 Å². The van der Waals surface area contributed by atoms with Gasteiger partial charge in [0, 0.05) is 17.8 Å². The summed E-state index contributed by atoms with van der Waals surface area (Å²) in [4.78, 5) is 35.1. The van der Waals surface area contributed by atoms with Gasteiger partial charge in [0.25, 0.3) is 5.56 Å². The van der Waals surface area contributed by atoms with Crippen molar-refractivity contribution < 1.29 is 9.32 Å². The molecule has 4 rings (SSSR count). The van der Waals surface area contributed by atoms with E-state index < -0.39 is 0 Å². The third-order valence-electron chi connectivity index (χ3n) is 5.59. The van der Waals surface area contributed by atoms with E-state index in [2.05, 4.69) is 20.4 Å². The molecule has 1 aromatic carbocycles. The maximum Gasteiger partial charge on any atom is 0.278 e.